The van der Waals surface area contributed by atoms with Crippen LogP contribution < -0.4 is 5.32 Å². The minimum Gasteiger partial charge on any atom is -0.479 e. The number of alkyl halides is 3. The van der Waals surface area contributed by atoms with Crippen molar-refractivity contribution in [2.24, 2.45) is 0 Å². The fourth-order valence-corrected chi connectivity index (χ4v) is 1.03. The maximum absolute atomic E-state index is 11.2. The second kappa shape index (κ2) is 7.16. The van der Waals surface area contributed by atoms with Crippen LogP contribution in [0, 0.1) is 0 Å². The Hall–Kier alpha value is -0.360. The number of halogens is 4. The smallest absolute Gasteiger partial charge is 0.408 e. The topological polar surface area (TPSA) is 75.6 Å². The molecule has 0 aliphatic heterocycles. The molecule has 0 rings (SSSR count). The monoisotopic (exact) mass is 323 g/mol. The third-order valence-electron chi connectivity index (χ3n) is 1.50. The SMILES string of the molecule is C/C(=C/Cl)C(NC(=O)OCC(Cl)(Cl)Cl)C(=O)O. The van der Waals surface area contributed by atoms with E-state index in [-0.39, 0.29) is 5.57 Å². The predicted octanol–water partition coefficient (Wildman–Crippen LogP) is 2.68. The molecule has 98 valence electrons. The molecule has 1 atom stereocenters. The Labute approximate surface area is 118 Å². The molecule has 0 aromatic carbocycles. The number of rotatable bonds is 4. The molecule has 0 fully saturated rings. The number of alkyl carbamates (subject to hydrolysis) is 1. The first-order valence-electron chi connectivity index (χ1n) is 4.17. The molecule has 0 saturated carbocycles. The summed E-state index contributed by atoms with van der Waals surface area (Å²) in [5.74, 6) is -1.29. The van der Waals surface area contributed by atoms with Crippen molar-refractivity contribution in [1.82, 2.24) is 5.32 Å². The summed E-state index contributed by atoms with van der Waals surface area (Å²) in [5.41, 5.74) is 1.26. The summed E-state index contributed by atoms with van der Waals surface area (Å²) in [6.45, 7) is 0.931. The van der Waals surface area contributed by atoms with Gasteiger partial charge in [-0.3, -0.25) is 0 Å². The van der Waals surface area contributed by atoms with Gasteiger partial charge in [0, 0.05) is 5.54 Å². The highest BCUT2D eigenvalue weighted by Crippen LogP contribution is 2.25. The van der Waals surface area contributed by atoms with Crippen LogP contribution in [0.4, 0.5) is 4.79 Å². The molecule has 0 radical (unpaired) electrons. The van der Waals surface area contributed by atoms with Crippen LogP contribution in [-0.2, 0) is 9.53 Å². The first-order chi connectivity index (χ1) is 7.67. The molecule has 0 saturated heterocycles. The Morgan fingerprint density at radius 2 is 2.00 bits per heavy atom. The highest BCUT2D eigenvalue weighted by atomic mass is 35.6. The van der Waals surface area contributed by atoms with Crippen molar-refractivity contribution in [2.75, 3.05) is 6.61 Å². The fraction of sp³-hybridized carbons (Fsp3) is 0.500. The van der Waals surface area contributed by atoms with Crippen LogP contribution in [0.2, 0.25) is 0 Å². The van der Waals surface area contributed by atoms with E-state index in [0.717, 1.165) is 5.54 Å². The predicted molar refractivity (Wildman–Crippen MR) is 65.8 cm³/mol. The number of hydrogen-bond donors (Lipinski definition) is 2. The van der Waals surface area contributed by atoms with Crippen LogP contribution >= 0.6 is 46.4 Å². The lowest BCUT2D eigenvalue weighted by Gasteiger charge is -2.16. The second-order valence-corrected chi connectivity index (χ2v) is 5.69. The Balaban J connectivity index is 4.39. The van der Waals surface area contributed by atoms with E-state index in [1.54, 1.807) is 0 Å². The molecule has 1 amide bonds. The van der Waals surface area contributed by atoms with Gasteiger partial charge in [-0.15, -0.1) is 0 Å². The summed E-state index contributed by atoms with van der Waals surface area (Å²) in [6, 6.07) is -1.30. The van der Waals surface area contributed by atoms with Crippen molar-refractivity contribution in [3.63, 3.8) is 0 Å². The Morgan fingerprint density at radius 3 is 2.35 bits per heavy atom. The van der Waals surface area contributed by atoms with Gasteiger partial charge in [0.2, 0.25) is 3.79 Å². The Bertz CT molecular complexity index is 326. The number of carboxylic acids is 1. The van der Waals surface area contributed by atoms with E-state index in [0.29, 0.717) is 0 Å². The van der Waals surface area contributed by atoms with Crippen molar-refractivity contribution in [3.8, 4) is 0 Å². The van der Waals surface area contributed by atoms with Crippen LogP contribution in [0.3, 0.4) is 0 Å². The minimum absolute atomic E-state index is 0.227. The van der Waals surface area contributed by atoms with Crippen molar-refractivity contribution in [2.45, 2.75) is 16.8 Å². The summed E-state index contributed by atoms with van der Waals surface area (Å²) >= 11 is 21.4. The lowest BCUT2D eigenvalue weighted by Crippen LogP contribution is -2.42. The highest BCUT2D eigenvalue weighted by molar-refractivity contribution is 6.67. The Morgan fingerprint density at radius 1 is 1.47 bits per heavy atom. The number of aliphatic carboxylic acids is 1. The van der Waals surface area contributed by atoms with Crippen molar-refractivity contribution >= 4 is 58.5 Å². The molecule has 0 aromatic heterocycles. The standard InChI is InChI=1S/C8H9Cl4NO4/c1-4(2-9)5(6(14)15)13-7(16)17-3-8(10,11)12/h2,5H,3H2,1H3,(H,13,16)(H,14,15)/b4-2-. The maximum Gasteiger partial charge on any atom is 0.408 e. The lowest BCUT2D eigenvalue weighted by atomic mass is 10.1. The third-order valence-corrected chi connectivity index (χ3v) is 2.18. The number of carboxylic acid groups (broad SMARTS) is 1. The van der Waals surface area contributed by atoms with Gasteiger partial charge >= 0.3 is 12.1 Å². The quantitative estimate of drug-likeness (QED) is 0.779. The molecule has 0 bridgehead atoms. The Kier molecular flexibility index (Phi) is 7.01. The second-order valence-electron chi connectivity index (χ2n) is 2.96. The summed E-state index contributed by atoms with van der Waals surface area (Å²) in [4.78, 5) is 22.0. The van der Waals surface area contributed by atoms with Crippen LogP contribution in [0.5, 0.6) is 0 Å². The fourth-order valence-electron chi connectivity index (χ4n) is 0.740. The van der Waals surface area contributed by atoms with Crippen LogP contribution in [0.15, 0.2) is 11.1 Å². The molecule has 0 aromatic rings. The summed E-state index contributed by atoms with van der Waals surface area (Å²) in [7, 11) is 0. The molecule has 5 nitrogen and oxygen atoms in total. The van der Waals surface area contributed by atoms with Gasteiger partial charge in [-0.2, -0.15) is 0 Å². The summed E-state index contributed by atoms with van der Waals surface area (Å²) in [5, 5.41) is 10.9. The number of hydrogen-bond acceptors (Lipinski definition) is 3. The van der Waals surface area contributed by atoms with Crippen molar-refractivity contribution < 1.29 is 19.4 Å². The molecule has 0 aliphatic carbocycles. The van der Waals surface area contributed by atoms with E-state index in [2.05, 4.69) is 10.1 Å². The molecular weight excluding hydrogens is 316 g/mol. The van der Waals surface area contributed by atoms with Crippen molar-refractivity contribution in [1.29, 1.82) is 0 Å². The van der Waals surface area contributed by atoms with Gasteiger partial charge in [-0.1, -0.05) is 46.4 Å². The first kappa shape index (κ1) is 16.6. The zero-order valence-corrected chi connectivity index (χ0v) is 11.6. The average Bonchev–Trinajstić information content (AvgIpc) is 2.20. The summed E-state index contributed by atoms with van der Waals surface area (Å²) < 4.78 is 2.75. The van der Waals surface area contributed by atoms with E-state index in [4.69, 9.17) is 51.5 Å². The largest absolute Gasteiger partial charge is 0.479 e. The average molecular weight is 325 g/mol. The molecule has 0 spiro atoms. The number of ether oxygens (including phenoxy) is 1. The zero-order valence-electron chi connectivity index (χ0n) is 8.55. The van der Waals surface area contributed by atoms with Gasteiger partial charge in [-0.05, 0) is 12.5 Å². The molecule has 2 N–H and O–H groups in total. The first-order valence-corrected chi connectivity index (χ1v) is 5.74. The minimum atomic E-state index is -1.76. The van der Waals surface area contributed by atoms with Gasteiger partial charge in [0.25, 0.3) is 0 Å². The zero-order chi connectivity index (χ0) is 13.6. The molecule has 17 heavy (non-hydrogen) atoms. The van der Waals surface area contributed by atoms with E-state index in [9.17, 15) is 9.59 Å². The maximum atomic E-state index is 11.2. The number of carbonyl (C=O) groups excluding carboxylic acids is 1. The van der Waals surface area contributed by atoms with Gasteiger partial charge in [0.15, 0.2) is 6.04 Å². The third kappa shape index (κ3) is 7.54. The van der Waals surface area contributed by atoms with Crippen LogP contribution in [0.25, 0.3) is 0 Å². The molecular formula is C8H9Cl4NO4. The van der Waals surface area contributed by atoms with Gasteiger partial charge in [0.1, 0.15) is 6.61 Å². The number of amides is 1. The number of nitrogens with one attached hydrogen (secondary N) is 1. The van der Waals surface area contributed by atoms with Crippen LogP contribution in [0.1, 0.15) is 6.92 Å². The molecule has 9 heteroatoms. The molecule has 1 unspecified atom stereocenters. The summed E-state index contributed by atoms with van der Waals surface area (Å²) in [6.07, 6.45) is -1.03. The molecule has 0 aliphatic rings. The van der Waals surface area contributed by atoms with E-state index in [1.165, 1.54) is 6.92 Å². The van der Waals surface area contributed by atoms with Gasteiger partial charge in [-0.25, -0.2) is 9.59 Å². The van der Waals surface area contributed by atoms with Crippen LogP contribution in [-0.4, -0.2) is 33.6 Å². The van der Waals surface area contributed by atoms with Gasteiger partial charge < -0.3 is 15.2 Å². The normalized spacial score (nSPS) is 14.1. The van der Waals surface area contributed by atoms with E-state index < -0.39 is 28.5 Å². The number of carbonyl (C=O) groups is 2. The van der Waals surface area contributed by atoms with E-state index >= 15 is 0 Å². The van der Waals surface area contributed by atoms with Crippen molar-refractivity contribution in [3.05, 3.63) is 11.1 Å². The molecule has 0 heterocycles. The van der Waals surface area contributed by atoms with Gasteiger partial charge in [0.05, 0.1) is 0 Å². The van der Waals surface area contributed by atoms with E-state index in [1.807, 2.05) is 0 Å². The lowest BCUT2D eigenvalue weighted by molar-refractivity contribution is -0.138. The highest BCUT2D eigenvalue weighted by Gasteiger charge is 2.25.